The number of nitrogens with one attached hydrogen (secondary N) is 1. The highest BCUT2D eigenvalue weighted by atomic mass is 32.2. The van der Waals surface area contributed by atoms with Gasteiger partial charge in [-0.1, -0.05) is 30.0 Å². The minimum Gasteiger partial charge on any atom is -0.456 e. The zero-order valence-electron chi connectivity index (χ0n) is 16.1. The molecule has 0 radical (unpaired) electrons. The number of aryl methyl sites for hydroxylation is 2. The lowest BCUT2D eigenvalue weighted by Gasteiger charge is -2.10. The van der Waals surface area contributed by atoms with Gasteiger partial charge in [-0.25, -0.2) is 9.97 Å². The van der Waals surface area contributed by atoms with Crippen LogP contribution in [0.5, 0.6) is 0 Å². The number of hydrogen-bond donors (Lipinski definition) is 1. The number of hydrogen-bond acceptors (Lipinski definition) is 5. The number of fused-ring (bicyclic) bond motifs is 3. The molecule has 142 valence electrons. The van der Waals surface area contributed by atoms with Crippen molar-refractivity contribution in [2.75, 3.05) is 11.6 Å². The highest BCUT2D eigenvalue weighted by molar-refractivity contribution is 7.98. The topological polar surface area (TPSA) is 68.0 Å². The van der Waals surface area contributed by atoms with Crippen LogP contribution in [0.15, 0.2) is 52.0 Å². The summed E-state index contributed by atoms with van der Waals surface area (Å²) < 4.78 is 5.89. The van der Waals surface area contributed by atoms with Crippen molar-refractivity contribution >= 4 is 45.3 Å². The number of carbonyl (C=O) groups is 1. The summed E-state index contributed by atoms with van der Waals surface area (Å²) in [5.41, 5.74) is 5.27. The number of benzene rings is 2. The first kappa shape index (κ1) is 18.5. The van der Waals surface area contributed by atoms with Gasteiger partial charge in [0.05, 0.1) is 0 Å². The summed E-state index contributed by atoms with van der Waals surface area (Å²) >= 11 is 1.52. The van der Waals surface area contributed by atoms with Crippen LogP contribution in [0, 0.1) is 13.8 Å². The van der Waals surface area contributed by atoms with Gasteiger partial charge in [0.2, 0.25) is 5.91 Å². The van der Waals surface area contributed by atoms with E-state index >= 15 is 0 Å². The summed E-state index contributed by atoms with van der Waals surface area (Å²) in [6.07, 6.45) is 2.95. The van der Waals surface area contributed by atoms with E-state index in [0.29, 0.717) is 12.8 Å². The first-order valence-electron chi connectivity index (χ1n) is 9.14. The van der Waals surface area contributed by atoms with Crippen molar-refractivity contribution in [1.82, 2.24) is 9.97 Å². The average Bonchev–Trinajstić information content (AvgIpc) is 3.04. The van der Waals surface area contributed by atoms with Crippen LogP contribution in [0.4, 0.5) is 5.69 Å². The lowest BCUT2D eigenvalue weighted by Crippen LogP contribution is -2.13. The molecule has 0 aliphatic rings. The Bertz CT molecular complexity index is 1160. The van der Waals surface area contributed by atoms with Crippen LogP contribution < -0.4 is 5.32 Å². The molecule has 0 bridgehead atoms. The van der Waals surface area contributed by atoms with Crippen molar-refractivity contribution in [2.45, 2.75) is 31.8 Å². The molecule has 2 aromatic carbocycles. The third-order valence-electron chi connectivity index (χ3n) is 4.85. The molecule has 0 aliphatic carbocycles. The minimum atomic E-state index is -0.0387. The predicted molar refractivity (Wildman–Crippen MR) is 114 cm³/mol. The number of para-hydroxylation sites is 1. The van der Waals surface area contributed by atoms with E-state index in [-0.39, 0.29) is 5.91 Å². The van der Waals surface area contributed by atoms with Crippen LogP contribution in [0.1, 0.15) is 23.4 Å². The number of nitrogens with zero attached hydrogens (tertiary/aromatic N) is 2. The van der Waals surface area contributed by atoms with E-state index in [1.807, 2.05) is 62.6 Å². The maximum Gasteiger partial charge on any atom is 0.224 e. The van der Waals surface area contributed by atoms with Gasteiger partial charge in [-0.05, 0) is 50.3 Å². The van der Waals surface area contributed by atoms with Gasteiger partial charge in [0.15, 0.2) is 5.16 Å². The van der Waals surface area contributed by atoms with E-state index in [1.54, 1.807) is 0 Å². The van der Waals surface area contributed by atoms with Gasteiger partial charge in [0.25, 0.3) is 0 Å². The summed E-state index contributed by atoms with van der Waals surface area (Å²) in [7, 11) is 0. The van der Waals surface area contributed by atoms with Crippen molar-refractivity contribution in [3.63, 3.8) is 0 Å². The number of amides is 1. The normalized spacial score (nSPS) is 11.2. The van der Waals surface area contributed by atoms with E-state index in [2.05, 4.69) is 15.3 Å². The Kier molecular flexibility index (Phi) is 5.05. The second-order valence-corrected chi connectivity index (χ2v) is 7.49. The zero-order chi connectivity index (χ0) is 19.7. The van der Waals surface area contributed by atoms with E-state index in [0.717, 1.165) is 49.7 Å². The molecule has 28 heavy (non-hydrogen) atoms. The molecule has 4 rings (SSSR count). The molecule has 0 saturated carbocycles. The summed E-state index contributed by atoms with van der Waals surface area (Å²) in [5.74, 6) is -0.0387. The van der Waals surface area contributed by atoms with Crippen molar-refractivity contribution in [1.29, 1.82) is 0 Å². The van der Waals surface area contributed by atoms with Gasteiger partial charge in [0, 0.05) is 40.3 Å². The van der Waals surface area contributed by atoms with Gasteiger partial charge < -0.3 is 9.73 Å². The molecule has 4 aromatic rings. The van der Waals surface area contributed by atoms with Crippen molar-refractivity contribution in [2.24, 2.45) is 0 Å². The molecule has 5 nitrogen and oxygen atoms in total. The molecule has 0 spiro atoms. The van der Waals surface area contributed by atoms with Crippen LogP contribution in [-0.2, 0) is 11.2 Å². The molecule has 0 unspecified atom stereocenters. The van der Waals surface area contributed by atoms with Gasteiger partial charge >= 0.3 is 0 Å². The first-order chi connectivity index (χ1) is 13.5. The smallest absolute Gasteiger partial charge is 0.224 e. The van der Waals surface area contributed by atoms with Crippen LogP contribution in [-0.4, -0.2) is 22.1 Å². The van der Waals surface area contributed by atoms with E-state index in [1.165, 1.54) is 11.8 Å². The van der Waals surface area contributed by atoms with Crippen molar-refractivity contribution in [3.05, 3.63) is 59.4 Å². The molecule has 2 heterocycles. The highest BCUT2D eigenvalue weighted by Crippen LogP contribution is 2.30. The zero-order valence-corrected chi connectivity index (χ0v) is 16.9. The summed E-state index contributed by atoms with van der Waals surface area (Å²) in [5, 5.41) is 5.86. The fourth-order valence-corrected chi connectivity index (χ4v) is 3.88. The van der Waals surface area contributed by atoms with E-state index < -0.39 is 0 Å². The predicted octanol–water partition coefficient (Wildman–Crippen LogP) is 5.29. The molecule has 6 heteroatoms. The van der Waals surface area contributed by atoms with Crippen molar-refractivity contribution in [3.8, 4) is 0 Å². The fraction of sp³-hybridized carbons (Fsp3) is 0.227. The molecule has 0 fully saturated rings. The van der Waals surface area contributed by atoms with Crippen molar-refractivity contribution < 1.29 is 9.21 Å². The molecular weight excluding hydrogens is 370 g/mol. The van der Waals surface area contributed by atoms with Gasteiger partial charge in [-0.15, -0.1) is 0 Å². The first-order valence-corrected chi connectivity index (χ1v) is 10.4. The highest BCUT2D eigenvalue weighted by Gasteiger charge is 2.12. The summed E-state index contributed by atoms with van der Waals surface area (Å²) in [4.78, 5) is 21.4. The Hall–Kier alpha value is -2.86. The summed E-state index contributed by atoms with van der Waals surface area (Å²) in [6.45, 7) is 3.94. The molecule has 0 saturated heterocycles. The second-order valence-electron chi connectivity index (χ2n) is 6.72. The number of furan rings is 1. The number of aromatic nitrogens is 2. The number of anilines is 1. The van der Waals surface area contributed by atoms with E-state index in [9.17, 15) is 4.79 Å². The molecule has 2 aromatic heterocycles. The Morgan fingerprint density at radius 1 is 1.04 bits per heavy atom. The second kappa shape index (κ2) is 7.64. The quantitative estimate of drug-likeness (QED) is 0.370. The van der Waals surface area contributed by atoms with Gasteiger partial charge in [0.1, 0.15) is 11.2 Å². The third kappa shape index (κ3) is 3.60. The van der Waals surface area contributed by atoms with Gasteiger partial charge in [-0.3, -0.25) is 4.79 Å². The van der Waals surface area contributed by atoms with Crippen LogP contribution in [0.25, 0.3) is 21.9 Å². The Morgan fingerprint density at radius 3 is 2.50 bits per heavy atom. The van der Waals surface area contributed by atoms with Crippen LogP contribution in [0.2, 0.25) is 0 Å². The average molecular weight is 391 g/mol. The number of rotatable bonds is 5. The molecule has 0 aliphatic heterocycles. The fourth-order valence-electron chi connectivity index (χ4n) is 3.43. The molecule has 1 N–H and O–H groups in total. The lowest BCUT2D eigenvalue weighted by atomic mass is 10.1. The Morgan fingerprint density at radius 2 is 1.75 bits per heavy atom. The van der Waals surface area contributed by atoms with Crippen LogP contribution in [0.3, 0.4) is 0 Å². The standard InChI is InChI=1S/C22H21N3O2S/c1-13-16(14(2)24-22(23-13)28-3)10-11-21(26)25-15-8-9-18-17-6-4-5-7-19(17)27-20(18)12-15/h4-9,12H,10-11H2,1-3H3,(H,25,26). The Labute approximate surface area is 167 Å². The maximum absolute atomic E-state index is 12.5. The monoisotopic (exact) mass is 391 g/mol. The minimum absolute atomic E-state index is 0.0387. The number of carbonyl (C=O) groups excluding carboxylic acids is 1. The Balaban J connectivity index is 1.47. The van der Waals surface area contributed by atoms with Crippen LogP contribution >= 0.6 is 11.8 Å². The molecule has 1 amide bonds. The number of thioether (sulfide) groups is 1. The lowest BCUT2D eigenvalue weighted by molar-refractivity contribution is -0.116. The largest absolute Gasteiger partial charge is 0.456 e. The molecular formula is C22H21N3O2S. The third-order valence-corrected chi connectivity index (χ3v) is 5.40. The van der Waals surface area contributed by atoms with Gasteiger partial charge in [-0.2, -0.15) is 0 Å². The summed E-state index contributed by atoms with van der Waals surface area (Å²) in [6, 6.07) is 13.7. The SMILES string of the molecule is CSc1nc(C)c(CCC(=O)Nc2ccc3c(c2)oc2ccccc23)c(C)n1. The maximum atomic E-state index is 12.5. The van der Waals surface area contributed by atoms with E-state index in [4.69, 9.17) is 4.42 Å². The molecule has 0 atom stereocenters.